The molecule has 0 atom stereocenters. The fourth-order valence-corrected chi connectivity index (χ4v) is 4.59. The van der Waals surface area contributed by atoms with Crippen molar-refractivity contribution in [1.29, 1.82) is 5.41 Å². The molecule has 0 radical (unpaired) electrons. The normalized spacial score (nSPS) is 16.4. The van der Waals surface area contributed by atoms with E-state index in [-0.39, 0.29) is 11.4 Å². The number of benzene rings is 2. The van der Waals surface area contributed by atoms with Gasteiger partial charge in [0.25, 0.3) is 5.91 Å². The van der Waals surface area contributed by atoms with Crippen LogP contribution < -0.4 is 9.47 Å². The topological polar surface area (TPSA) is 87.3 Å². The molecule has 2 aliphatic heterocycles. The Kier molecular flexibility index (Phi) is 7.47. The average Bonchev–Trinajstić information content (AvgIpc) is 3.22. The smallest absolute Gasteiger partial charge is 0.283 e. The lowest BCUT2D eigenvalue weighted by molar-refractivity contribution is -0.114. The summed E-state index contributed by atoms with van der Waals surface area (Å²) in [6.45, 7) is 7.12. The third-order valence-corrected chi connectivity index (χ3v) is 6.26. The second-order valence-corrected chi connectivity index (χ2v) is 9.08. The number of ether oxygens (including phenoxy) is 2. The van der Waals surface area contributed by atoms with Gasteiger partial charge in [-0.25, -0.2) is 0 Å². The summed E-state index contributed by atoms with van der Waals surface area (Å²) < 4.78 is 11.6. The van der Waals surface area contributed by atoms with Gasteiger partial charge in [-0.15, -0.1) is 0 Å². The van der Waals surface area contributed by atoms with E-state index in [0.29, 0.717) is 24.1 Å². The van der Waals surface area contributed by atoms with Gasteiger partial charge in [0.15, 0.2) is 5.84 Å². The van der Waals surface area contributed by atoms with Crippen molar-refractivity contribution in [1.82, 2.24) is 5.01 Å². The SMILES string of the molecule is CCCC1=NN2C(=N)/C(=C\c3ccc(OCCOc4cc(C)cc(CC)c4)cc3)C(=O)N=C2S1. The van der Waals surface area contributed by atoms with E-state index in [0.717, 1.165) is 35.6 Å². The lowest BCUT2D eigenvalue weighted by atomic mass is 10.1. The molecule has 1 amide bonds. The Morgan fingerprint density at radius 2 is 1.79 bits per heavy atom. The Balaban J connectivity index is 1.34. The van der Waals surface area contributed by atoms with Crippen molar-refractivity contribution in [3.05, 3.63) is 64.7 Å². The molecule has 0 fully saturated rings. The third-order valence-electron chi connectivity index (χ3n) is 5.29. The number of hydrogen-bond acceptors (Lipinski definition) is 6. The first kappa shape index (κ1) is 23.8. The highest BCUT2D eigenvalue weighted by atomic mass is 32.2. The van der Waals surface area contributed by atoms with Gasteiger partial charge in [-0.2, -0.15) is 15.1 Å². The molecule has 0 spiro atoms. The summed E-state index contributed by atoms with van der Waals surface area (Å²) in [4.78, 5) is 16.6. The molecule has 0 bridgehead atoms. The molecule has 0 saturated carbocycles. The van der Waals surface area contributed by atoms with Gasteiger partial charge in [-0.3, -0.25) is 10.2 Å². The molecule has 8 heteroatoms. The zero-order valence-corrected chi connectivity index (χ0v) is 20.4. The minimum absolute atomic E-state index is 0.0495. The number of carbonyl (C=O) groups is 1. The fourth-order valence-electron chi connectivity index (χ4n) is 3.60. The van der Waals surface area contributed by atoms with Crippen LogP contribution in [0.15, 0.2) is 58.1 Å². The highest BCUT2D eigenvalue weighted by molar-refractivity contribution is 8.26. The minimum Gasteiger partial charge on any atom is -0.490 e. The van der Waals surface area contributed by atoms with Crippen LogP contribution in [-0.2, 0) is 11.2 Å². The van der Waals surface area contributed by atoms with Crippen LogP contribution in [0.25, 0.3) is 6.08 Å². The molecule has 1 N–H and O–H groups in total. The number of fused-ring (bicyclic) bond motifs is 1. The van der Waals surface area contributed by atoms with E-state index < -0.39 is 5.91 Å². The first-order chi connectivity index (χ1) is 16.5. The van der Waals surface area contributed by atoms with E-state index in [4.69, 9.17) is 14.9 Å². The van der Waals surface area contributed by atoms with E-state index >= 15 is 0 Å². The van der Waals surface area contributed by atoms with Crippen molar-refractivity contribution in [2.45, 2.75) is 40.0 Å². The molecule has 0 aromatic heterocycles. The first-order valence-corrected chi connectivity index (χ1v) is 12.2. The maximum absolute atomic E-state index is 12.5. The number of carbonyl (C=O) groups excluding carboxylic acids is 1. The molecule has 2 aromatic carbocycles. The third kappa shape index (κ3) is 5.56. The first-order valence-electron chi connectivity index (χ1n) is 11.4. The number of aryl methyl sites for hydroxylation is 2. The number of amidine groups is 2. The minimum atomic E-state index is -0.420. The van der Waals surface area contributed by atoms with Crippen LogP contribution in [0.3, 0.4) is 0 Å². The average molecular weight is 477 g/mol. The summed E-state index contributed by atoms with van der Waals surface area (Å²) in [6.07, 6.45) is 4.39. The molecule has 2 aromatic rings. The molecule has 34 heavy (non-hydrogen) atoms. The number of aliphatic imine (C=N–C) groups is 1. The van der Waals surface area contributed by atoms with Crippen LogP contribution in [0.5, 0.6) is 11.5 Å². The number of nitrogens with one attached hydrogen (secondary N) is 1. The second kappa shape index (κ2) is 10.7. The van der Waals surface area contributed by atoms with Crippen molar-refractivity contribution in [2.24, 2.45) is 10.1 Å². The molecule has 7 nitrogen and oxygen atoms in total. The number of hydrazone groups is 1. The van der Waals surface area contributed by atoms with Crippen molar-refractivity contribution < 1.29 is 14.3 Å². The molecule has 2 aliphatic rings. The van der Waals surface area contributed by atoms with Crippen molar-refractivity contribution in [3.8, 4) is 11.5 Å². The predicted molar refractivity (Wildman–Crippen MR) is 138 cm³/mol. The predicted octanol–water partition coefficient (Wildman–Crippen LogP) is 5.43. The zero-order chi connectivity index (χ0) is 24.1. The maximum Gasteiger partial charge on any atom is 0.283 e. The Hall–Kier alpha value is -3.39. The second-order valence-electron chi connectivity index (χ2n) is 8.04. The lowest BCUT2D eigenvalue weighted by Crippen LogP contribution is -2.35. The van der Waals surface area contributed by atoms with Crippen molar-refractivity contribution in [2.75, 3.05) is 13.2 Å². The van der Waals surface area contributed by atoms with Crippen LogP contribution in [0.4, 0.5) is 0 Å². The van der Waals surface area contributed by atoms with Crippen LogP contribution in [0, 0.1) is 12.3 Å². The molecule has 0 unspecified atom stereocenters. The van der Waals surface area contributed by atoms with Gasteiger partial charge >= 0.3 is 0 Å². The highest BCUT2D eigenvalue weighted by Crippen LogP contribution is 2.30. The fraction of sp³-hybridized carbons (Fsp3) is 0.308. The summed E-state index contributed by atoms with van der Waals surface area (Å²) in [6, 6.07) is 13.6. The monoisotopic (exact) mass is 476 g/mol. The summed E-state index contributed by atoms with van der Waals surface area (Å²) in [5.74, 6) is 1.19. The van der Waals surface area contributed by atoms with E-state index in [1.54, 1.807) is 6.08 Å². The number of nitrogens with zero attached hydrogens (tertiary/aromatic N) is 3. The van der Waals surface area contributed by atoms with Gasteiger partial charge in [-0.1, -0.05) is 32.0 Å². The quantitative estimate of drug-likeness (QED) is 0.385. The van der Waals surface area contributed by atoms with Crippen LogP contribution in [0.1, 0.15) is 43.4 Å². The van der Waals surface area contributed by atoms with Crippen molar-refractivity contribution >= 4 is 39.8 Å². The van der Waals surface area contributed by atoms with Gasteiger partial charge in [0.2, 0.25) is 5.17 Å². The number of hydrogen-bond donors (Lipinski definition) is 1. The van der Waals surface area contributed by atoms with Crippen LogP contribution in [-0.4, -0.2) is 40.2 Å². The molecule has 0 aliphatic carbocycles. The standard InChI is InChI=1S/C26H28N4O3S/c1-4-6-23-29-30-24(27)22(25(31)28-26(30)34-23)16-19-7-9-20(10-8-19)32-11-12-33-21-14-17(3)13-18(5-2)15-21/h7-10,13-16,27H,4-6,11-12H2,1-3H3/b22-16+,27-24?. The van der Waals surface area contributed by atoms with Gasteiger partial charge in [0.1, 0.15) is 29.8 Å². The number of rotatable bonds is 9. The van der Waals surface area contributed by atoms with Gasteiger partial charge in [0.05, 0.1) is 5.57 Å². The Morgan fingerprint density at radius 1 is 1.06 bits per heavy atom. The summed E-state index contributed by atoms with van der Waals surface area (Å²) in [5.41, 5.74) is 3.44. The highest BCUT2D eigenvalue weighted by Gasteiger charge is 2.35. The molecule has 0 saturated heterocycles. The van der Waals surface area contributed by atoms with E-state index in [2.05, 4.69) is 43.0 Å². The van der Waals surface area contributed by atoms with Crippen LogP contribution in [0.2, 0.25) is 0 Å². The Morgan fingerprint density at radius 3 is 2.50 bits per heavy atom. The molecule has 2 heterocycles. The molecular weight excluding hydrogens is 448 g/mol. The zero-order valence-electron chi connectivity index (χ0n) is 19.6. The number of thioether (sulfide) groups is 1. The van der Waals surface area contributed by atoms with Gasteiger partial charge in [0, 0.05) is 0 Å². The molecule has 4 rings (SSSR count). The number of amides is 1. The summed E-state index contributed by atoms with van der Waals surface area (Å²) in [7, 11) is 0. The van der Waals surface area contributed by atoms with Gasteiger partial charge in [-0.05, 0) is 85.0 Å². The maximum atomic E-state index is 12.5. The van der Waals surface area contributed by atoms with E-state index in [1.165, 1.54) is 27.9 Å². The lowest BCUT2D eigenvalue weighted by Gasteiger charge is -2.20. The Labute approximate surface area is 204 Å². The molecular formula is C26H28N4O3S. The Bertz CT molecular complexity index is 1190. The summed E-state index contributed by atoms with van der Waals surface area (Å²) in [5, 5.41) is 15.6. The van der Waals surface area contributed by atoms with Crippen molar-refractivity contribution in [3.63, 3.8) is 0 Å². The van der Waals surface area contributed by atoms with E-state index in [1.807, 2.05) is 30.3 Å². The molecule has 176 valence electrons. The summed E-state index contributed by atoms with van der Waals surface area (Å²) >= 11 is 1.36. The van der Waals surface area contributed by atoms with Gasteiger partial charge < -0.3 is 9.47 Å². The van der Waals surface area contributed by atoms with Crippen LogP contribution >= 0.6 is 11.8 Å². The largest absolute Gasteiger partial charge is 0.490 e. The van der Waals surface area contributed by atoms with E-state index in [9.17, 15) is 4.79 Å².